The molecule has 1 aliphatic heterocycles. The minimum absolute atomic E-state index is 0.112. The molecule has 0 spiro atoms. The van der Waals surface area contributed by atoms with E-state index in [1.165, 1.54) is 5.01 Å². The Hall–Kier alpha value is -3.03. The Kier molecular flexibility index (Phi) is 4.25. The summed E-state index contributed by atoms with van der Waals surface area (Å²) in [5, 5.41) is 2.31. The van der Waals surface area contributed by atoms with Crippen LogP contribution in [0.3, 0.4) is 0 Å². The second-order valence-corrected chi connectivity index (χ2v) is 6.68. The molecular weight excluding hydrogens is 389 g/mol. The highest BCUT2D eigenvalue weighted by Crippen LogP contribution is 2.27. The van der Waals surface area contributed by atoms with Gasteiger partial charge in [-0.2, -0.15) is 0 Å². The first-order valence-corrected chi connectivity index (χ1v) is 8.70. The van der Waals surface area contributed by atoms with Gasteiger partial charge in [-0.3, -0.25) is 20.2 Å². The van der Waals surface area contributed by atoms with Crippen LogP contribution in [-0.4, -0.2) is 22.4 Å². The van der Waals surface area contributed by atoms with Crippen molar-refractivity contribution in [1.82, 2.24) is 15.0 Å². The van der Waals surface area contributed by atoms with Crippen molar-refractivity contribution in [2.75, 3.05) is 12.1 Å². The number of fused-ring (bicyclic) bond motifs is 1. The van der Waals surface area contributed by atoms with Crippen molar-refractivity contribution in [2.45, 2.75) is 0 Å². The number of anilines is 1. The van der Waals surface area contributed by atoms with Gasteiger partial charge in [0.05, 0.1) is 15.7 Å². The molecule has 0 bridgehead atoms. The van der Waals surface area contributed by atoms with Crippen LogP contribution in [0.5, 0.6) is 0 Å². The molecule has 3 aromatic rings. The van der Waals surface area contributed by atoms with Gasteiger partial charge in [0, 0.05) is 12.6 Å². The third-order valence-electron chi connectivity index (χ3n) is 4.10. The van der Waals surface area contributed by atoms with Gasteiger partial charge in [-0.05, 0) is 30.3 Å². The van der Waals surface area contributed by atoms with Crippen LogP contribution >= 0.6 is 23.2 Å². The molecule has 0 saturated carbocycles. The summed E-state index contributed by atoms with van der Waals surface area (Å²) in [6.45, 7) is 0. The first-order chi connectivity index (χ1) is 13.0. The average Bonchev–Trinajstić information content (AvgIpc) is 2.66. The molecular formula is C18H13Cl2N5O2. The fourth-order valence-corrected chi connectivity index (χ4v) is 3.09. The molecule has 4 rings (SSSR count). The third-order valence-corrected chi connectivity index (χ3v) is 4.84. The van der Waals surface area contributed by atoms with Crippen molar-refractivity contribution in [3.63, 3.8) is 0 Å². The van der Waals surface area contributed by atoms with E-state index in [1.54, 1.807) is 55.6 Å². The minimum Gasteiger partial charge on any atom is -0.290 e. The van der Waals surface area contributed by atoms with Crippen LogP contribution in [0.25, 0.3) is 5.69 Å². The highest BCUT2D eigenvalue weighted by molar-refractivity contribution is 6.42. The monoisotopic (exact) mass is 401 g/mol. The quantitative estimate of drug-likeness (QED) is 0.691. The molecule has 136 valence electrons. The first kappa shape index (κ1) is 17.4. The Bertz CT molecular complexity index is 1180. The molecule has 0 unspecified atom stereocenters. The predicted octanol–water partition coefficient (Wildman–Crippen LogP) is 2.87. The van der Waals surface area contributed by atoms with Crippen molar-refractivity contribution in [3.8, 4) is 5.69 Å². The summed E-state index contributed by atoms with van der Waals surface area (Å²) in [4.78, 5) is 32.6. The highest BCUT2D eigenvalue weighted by atomic mass is 35.5. The second-order valence-electron chi connectivity index (χ2n) is 5.86. The third kappa shape index (κ3) is 3.01. The lowest BCUT2D eigenvalue weighted by atomic mass is 10.2. The predicted molar refractivity (Wildman–Crippen MR) is 107 cm³/mol. The van der Waals surface area contributed by atoms with E-state index >= 15 is 0 Å². The fraction of sp³-hybridized carbons (Fsp3) is 0.0556. The van der Waals surface area contributed by atoms with E-state index in [0.717, 1.165) is 4.57 Å². The molecule has 0 aliphatic carbocycles. The van der Waals surface area contributed by atoms with Crippen LogP contribution in [0.4, 0.5) is 11.5 Å². The lowest BCUT2D eigenvalue weighted by molar-refractivity contribution is 0.793. The minimum atomic E-state index is -0.549. The molecule has 9 heteroatoms. The molecule has 27 heavy (non-hydrogen) atoms. The van der Waals surface area contributed by atoms with Crippen molar-refractivity contribution < 1.29 is 0 Å². The van der Waals surface area contributed by atoms with Gasteiger partial charge < -0.3 is 0 Å². The molecule has 0 saturated heterocycles. The molecule has 0 radical (unpaired) electrons. The van der Waals surface area contributed by atoms with Crippen molar-refractivity contribution in [1.29, 1.82) is 0 Å². The summed E-state index contributed by atoms with van der Waals surface area (Å²) in [5.74, 6) is 0.688. The van der Waals surface area contributed by atoms with Gasteiger partial charge in [-0.25, -0.2) is 14.4 Å². The number of aromatic nitrogens is 2. The SMILES string of the molecule is CN1NC(c2ccc(Cl)c(Cl)c2)=Nc2c1[nH]c(=O)n(-c1ccccc1)c2=O. The average molecular weight is 402 g/mol. The standard InChI is InChI=1S/C18H13Cl2N5O2/c1-24-16-14(21-15(23-24)10-7-8-12(19)13(20)9-10)17(26)25(18(27)22-16)11-5-3-2-4-6-11/h2-9H,1H3,(H,21,23)(H,22,27). The fourth-order valence-electron chi connectivity index (χ4n) is 2.79. The molecule has 0 fully saturated rings. The summed E-state index contributed by atoms with van der Waals surface area (Å²) in [6, 6.07) is 13.7. The number of halogens is 2. The van der Waals surface area contributed by atoms with Crippen LogP contribution in [0, 0.1) is 0 Å². The van der Waals surface area contributed by atoms with E-state index in [1.807, 2.05) is 0 Å². The normalized spacial score (nSPS) is 13.0. The van der Waals surface area contributed by atoms with E-state index in [2.05, 4.69) is 15.4 Å². The van der Waals surface area contributed by atoms with Gasteiger partial charge >= 0.3 is 5.69 Å². The number of hydrazine groups is 1. The number of aromatic amines is 1. The van der Waals surface area contributed by atoms with E-state index in [9.17, 15) is 9.59 Å². The number of hydrogen-bond donors (Lipinski definition) is 2. The summed E-state index contributed by atoms with van der Waals surface area (Å²) >= 11 is 12.1. The lowest BCUT2D eigenvalue weighted by Gasteiger charge is -2.27. The van der Waals surface area contributed by atoms with Crippen LogP contribution in [0.1, 0.15) is 5.56 Å². The van der Waals surface area contributed by atoms with Crippen LogP contribution in [0.2, 0.25) is 10.0 Å². The maximum Gasteiger partial charge on any atom is 0.334 e. The number of para-hydroxylation sites is 1. The number of H-pyrrole nitrogens is 1. The smallest absolute Gasteiger partial charge is 0.290 e. The Balaban J connectivity index is 1.93. The number of benzene rings is 2. The zero-order valence-corrected chi connectivity index (χ0v) is 15.5. The first-order valence-electron chi connectivity index (χ1n) is 7.95. The molecule has 1 aliphatic rings. The Morgan fingerprint density at radius 3 is 2.44 bits per heavy atom. The molecule has 0 amide bonds. The highest BCUT2D eigenvalue weighted by Gasteiger charge is 2.24. The number of rotatable bonds is 2. The Labute approximate surface area is 163 Å². The van der Waals surface area contributed by atoms with Crippen molar-refractivity contribution >= 4 is 40.5 Å². The summed E-state index contributed by atoms with van der Waals surface area (Å²) in [6.07, 6.45) is 0. The molecule has 2 N–H and O–H groups in total. The Morgan fingerprint density at radius 2 is 1.74 bits per heavy atom. The zero-order valence-electron chi connectivity index (χ0n) is 14.0. The largest absolute Gasteiger partial charge is 0.334 e. The van der Waals surface area contributed by atoms with Gasteiger partial charge in [-0.15, -0.1) is 0 Å². The van der Waals surface area contributed by atoms with E-state index in [4.69, 9.17) is 23.2 Å². The maximum atomic E-state index is 13.0. The number of hydrogen-bond acceptors (Lipinski definition) is 5. The van der Waals surface area contributed by atoms with Crippen molar-refractivity contribution in [3.05, 3.63) is 85.0 Å². The molecule has 2 heterocycles. The molecule has 2 aromatic carbocycles. The van der Waals surface area contributed by atoms with Gasteiger partial charge in [0.1, 0.15) is 0 Å². The maximum absolute atomic E-state index is 13.0. The molecule has 1 aromatic heterocycles. The second kappa shape index (κ2) is 6.61. The van der Waals surface area contributed by atoms with Crippen LogP contribution < -0.4 is 21.7 Å². The topological polar surface area (TPSA) is 82.5 Å². The van der Waals surface area contributed by atoms with E-state index < -0.39 is 11.2 Å². The summed E-state index contributed by atoms with van der Waals surface area (Å²) in [5.41, 5.74) is 3.16. The molecule has 7 nitrogen and oxygen atoms in total. The lowest BCUT2D eigenvalue weighted by Crippen LogP contribution is -2.46. The number of nitrogens with one attached hydrogen (secondary N) is 2. The van der Waals surface area contributed by atoms with Crippen LogP contribution in [-0.2, 0) is 0 Å². The zero-order chi connectivity index (χ0) is 19.1. The van der Waals surface area contributed by atoms with E-state index in [0.29, 0.717) is 27.1 Å². The number of nitrogens with zero attached hydrogens (tertiary/aromatic N) is 3. The number of amidine groups is 1. The van der Waals surface area contributed by atoms with Gasteiger partial charge in [-0.1, -0.05) is 41.4 Å². The van der Waals surface area contributed by atoms with E-state index in [-0.39, 0.29) is 11.5 Å². The van der Waals surface area contributed by atoms with Crippen LogP contribution in [0.15, 0.2) is 63.1 Å². The number of aliphatic imine (C=N–C) groups is 1. The van der Waals surface area contributed by atoms with Gasteiger partial charge in [0.15, 0.2) is 17.3 Å². The van der Waals surface area contributed by atoms with Gasteiger partial charge in [0.2, 0.25) is 0 Å². The van der Waals surface area contributed by atoms with Crippen molar-refractivity contribution in [2.24, 2.45) is 4.99 Å². The molecule has 0 atom stereocenters. The summed E-state index contributed by atoms with van der Waals surface area (Å²) in [7, 11) is 1.67. The van der Waals surface area contributed by atoms with Gasteiger partial charge in [0.25, 0.3) is 5.56 Å². The summed E-state index contributed by atoms with van der Waals surface area (Å²) < 4.78 is 1.05. The Morgan fingerprint density at radius 1 is 1.00 bits per heavy atom.